The van der Waals surface area contributed by atoms with E-state index in [1.54, 1.807) is 0 Å². The molecule has 1 aromatic carbocycles. The first-order chi connectivity index (χ1) is 8.84. The summed E-state index contributed by atoms with van der Waals surface area (Å²) < 4.78 is 6.60. The molecule has 0 spiro atoms. The molecule has 1 aliphatic carbocycles. The maximum atomic E-state index is 5.81. The van der Waals surface area contributed by atoms with Crippen molar-refractivity contribution in [2.45, 2.75) is 12.3 Å². The van der Waals surface area contributed by atoms with Crippen molar-refractivity contribution in [2.24, 2.45) is 0 Å². The first kappa shape index (κ1) is 11.5. The van der Waals surface area contributed by atoms with E-state index in [2.05, 4.69) is 58.4 Å². The minimum atomic E-state index is 0.403. The lowest BCUT2D eigenvalue weighted by atomic mass is 9.91. The first-order valence-corrected chi connectivity index (χ1v) is 6.82. The van der Waals surface area contributed by atoms with E-state index in [0.717, 1.165) is 22.4 Å². The topological polar surface area (TPSA) is 13.1 Å². The summed E-state index contributed by atoms with van der Waals surface area (Å²) in [5.41, 5.74) is 2.37. The Bertz CT molecular complexity index is 593. The highest BCUT2D eigenvalue weighted by Crippen LogP contribution is 2.37. The lowest BCUT2D eigenvalue weighted by Gasteiger charge is -2.12. The molecule has 0 aliphatic heterocycles. The third kappa shape index (κ3) is 2.21. The van der Waals surface area contributed by atoms with Crippen molar-refractivity contribution in [1.82, 2.24) is 0 Å². The van der Waals surface area contributed by atoms with Crippen LogP contribution in [0.5, 0.6) is 0 Å². The summed E-state index contributed by atoms with van der Waals surface area (Å²) in [5.74, 6) is 1.37. The Morgan fingerprint density at radius 2 is 1.94 bits per heavy atom. The van der Waals surface area contributed by atoms with E-state index in [0.29, 0.717) is 5.92 Å². The van der Waals surface area contributed by atoms with Crippen molar-refractivity contribution in [3.8, 4) is 11.3 Å². The Morgan fingerprint density at radius 3 is 2.67 bits per heavy atom. The second-order valence-corrected chi connectivity index (χ2v) is 5.14. The molecule has 90 valence electrons. The van der Waals surface area contributed by atoms with Crippen molar-refractivity contribution >= 4 is 15.9 Å². The zero-order chi connectivity index (χ0) is 12.4. The van der Waals surface area contributed by atoms with Crippen LogP contribution >= 0.6 is 15.9 Å². The van der Waals surface area contributed by atoms with Crippen LogP contribution in [0.15, 0.2) is 69.8 Å². The van der Waals surface area contributed by atoms with Crippen molar-refractivity contribution in [3.05, 3.63) is 70.9 Å². The highest BCUT2D eigenvalue weighted by Gasteiger charge is 2.18. The van der Waals surface area contributed by atoms with E-state index >= 15 is 0 Å². The second kappa shape index (κ2) is 4.99. The summed E-state index contributed by atoms with van der Waals surface area (Å²) in [7, 11) is 0. The molecule has 0 amide bonds. The smallest absolute Gasteiger partial charge is 0.170 e. The Labute approximate surface area is 115 Å². The third-order valence-electron chi connectivity index (χ3n) is 3.15. The Kier molecular flexibility index (Phi) is 3.20. The molecule has 0 saturated heterocycles. The van der Waals surface area contributed by atoms with E-state index in [1.165, 1.54) is 5.56 Å². The number of allylic oxidation sites excluding steroid dienone is 4. The maximum Gasteiger partial charge on any atom is 0.170 e. The molecule has 1 nitrogen and oxygen atoms in total. The van der Waals surface area contributed by atoms with Gasteiger partial charge in [-0.15, -0.1) is 0 Å². The molecule has 0 N–H and O–H groups in total. The van der Waals surface area contributed by atoms with Crippen molar-refractivity contribution in [3.63, 3.8) is 0 Å². The lowest BCUT2D eigenvalue weighted by molar-refractivity contribution is 0.552. The lowest BCUT2D eigenvalue weighted by Crippen LogP contribution is -1.96. The molecule has 0 radical (unpaired) electrons. The highest BCUT2D eigenvalue weighted by molar-refractivity contribution is 9.10. The second-order valence-electron chi connectivity index (χ2n) is 4.36. The first-order valence-electron chi connectivity index (χ1n) is 6.02. The van der Waals surface area contributed by atoms with E-state index in [1.807, 2.05) is 18.2 Å². The summed E-state index contributed by atoms with van der Waals surface area (Å²) in [5, 5.41) is 0. The van der Waals surface area contributed by atoms with Gasteiger partial charge in [0.05, 0.1) is 0 Å². The van der Waals surface area contributed by atoms with Crippen LogP contribution in [-0.2, 0) is 0 Å². The molecule has 3 rings (SSSR count). The van der Waals surface area contributed by atoms with Gasteiger partial charge in [0.2, 0.25) is 0 Å². The van der Waals surface area contributed by atoms with Crippen LogP contribution < -0.4 is 0 Å². The maximum absolute atomic E-state index is 5.81. The average Bonchev–Trinajstić information content (AvgIpc) is 2.83. The molecular weight excluding hydrogens is 288 g/mol. The van der Waals surface area contributed by atoms with Crippen LogP contribution in [0.1, 0.15) is 17.9 Å². The van der Waals surface area contributed by atoms with Gasteiger partial charge in [-0.25, -0.2) is 0 Å². The molecule has 1 atom stereocenters. The molecule has 1 aromatic heterocycles. The molecule has 1 unspecified atom stereocenters. The minimum Gasteiger partial charge on any atom is -0.449 e. The molecule has 2 aromatic rings. The Hall–Kier alpha value is -1.54. The van der Waals surface area contributed by atoms with Crippen molar-refractivity contribution < 1.29 is 4.42 Å². The predicted octanol–water partition coefficient (Wildman–Crippen LogP) is 5.31. The molecule has 1 aliphatic rings. The molecule has 0 saturated carbocycles. The van der Waals surface area contributed by atoms with Crippen molar-refractivity contribution in [1.29, 1.82) is 0 Å². The number of hydrogen-bond donors (Lipinski definition) is 0. The van der Waals surface area contributed by atoms with E-state index in [4.69, 9.17) is 4.42 Å². The number of benzene rings is 1. The Morgan fingerprint density at radius 1 is 1.11 bits per heavy atom. The van der Waals surface area contributed by atoms with Crippen LogP contribution in [-0.4, -0.2) is 0 Å². The monoisotopic (exact) mass is 300 g/mol. The summed E-state index contributed by atoms with van der Waals surface area (Å²) in [4.78, 5) is 0. The molecule has 0 bridgehead atoms. The Balaban J connectivity index is 2.05. The number of halogens is 1. The van der Waals surface area contributed by atoms with Gasteiger partial charge in [-0.05, 0) is 28.4 Å². The van der Waals surface area contributed by atoms with Gasteiger partial charge in [0.15, 0.2) is 4.67 Å². The van der Waals surface area contributed by atoms with Crippen LogP contribution in [0.4, 0.5) is 0 Å². The highest BCUT2D eigenvalue weighted by atomic mass is 79.9. The summed E-state index contributed by atoms with van der Waals surface area (Å²) >= 11 is 3.44. The van der Waals surface area contributed by atoms with E-state index in [9.17, 15) is 0 Å². The average molecular weight is 301 g/mol. The van der Waals surface area contributed by atoms with Gasteiger partial charge < -0.3 is 4.42 Å². The number of rotatable bonds is 2. The third-order valence-corrected chi connectivity index (χ3v) is 3.54. The number of hydrogen-bond acceptors (Lipinski definition) is 1. The van der Waals surface area contributed by atoms with Crippen LogP contribution in [0.3, 0.4) is 0 Å². The van der Waals surface area contributed by atoms with Crippen LogP contribution in [0.2, 0.25) is 0 Å². The molecule has 1 heterocycles. The molecule has 2 heteroatoms. The fraction of sp³-hybridized carbons (Fsp3) is 0.125. The molecule has 18 heavy (non-hydrogen) atoms. The summed E-state index contributed by atoms with van der Waals surface area (Å²) in [6.07, 6.45) is 9.64. The van der Waals surface area contributed by atoms with Crippen LogP contribution in [0, 0.1) is 0 Å². The zero-order valence-electron chi connectivity index (χ0n) is 9.84. The van der Waals surface area contributed by atoms with Gasteiger partial charge in [-0.3, -0.25) is 0 Å². The van der Waals surface area contributed by atoms with Gasteiger partial charge >= 0.3 is 0 Å². The quantitative estimate of drug-likeness (QED) is 0.732. The fourth-order valence-electron chi connectivity index (χ4n) is 2.28. The minimum absolute atomic E-state index is 0.403. The zero-order valence-corrected chi connectivity index (χ0v) is 11.4. The largest absolute Gasteiger partial charge is 0.449 e. The fourth-order valence-corrected chi connectivity index (χ4v) is 2.68. The standard InChI is InChI=1S/C16H13BrO/c17-15-11-14(12-7-3-1-4-8-12)16(18-15)13-9-5-2-6-10-13/h1-7,9-12H,8H2. The molecule has 0 fully saturated rings. The van der Waals surface area contributed by atoms with Crippen molar-refractivity contribution in [2.75, 3.05) is 0 Å². The van der Waals surface area contributed by atoms with Gasteiger partial charge in [0.1, 0.15) is 5.76 Å². The van der Waals surface area contributed by atoms with E-state index < -0.39 is 0 Å². The molecular formula is C16H13BrO. The van der Waals surface area contributed by atoms with Gasteiger partial charge in [-0.2, -0.15) is 0 Å². The van der Waals surface area contributed by atoms with E-state index in [-0.39, 0.29) is 0 Å². The van der Waals surface area contributed by atoms with Crippen LogP contribution in [0.25, 0.3) is 11.3 Å². The predicted molar refractivity (Wildman–Crippen MR) is 77.5 cm³/mol. The normalized spacial score (nSPS) is 18.2. The summed E-state index contributed by atoms with van der Waals surface area (Å²) in [6.45, 7) is 0. The number of furan rings is 1. The van der Waals surface area contributed by atoms with Gasteiger partial charge in [0.25, 0.3) is 0 Å². The van der Waals surface area contributed by atoms with Gasteiger partial charge in [-0.1, -0.05) is 54.6 Å². The SMILES string of the molecule is Brc1cc(C2C=CC=CC2)c(-c2ccccc2)o1. The summed E-state index contributed by atoms with van der Waals surface area (Å²) in [6, 6.07) is 12.3. The van der Waals surface area contributed by atoms with Gasteiger partial charge in [0, 0.05) is 17.0 Å².